The van der Waals surface area contributed by atoms with Gasteiger partial charge in [0.2, 0.25) is 0 Å². The molecular formula is C23H40N2. The fraction of sp³-hybridized carbons (Fsp3) is 0.609. The monoisotopic (exact) mass is 344 g/mol. The molecule has 142 valence electrons. The molecule has 1 aromatic heterocycles. The van der Waals surface area contributed by atoms with Crippen LogP contribution >= 0.6 is 0 Å². The van der Waals surface area contributed by atoms with Gasteiger partial charge in [-0.2, -0.15) is 5.10 Å². The molecule has 3 rings (SSSR count). The van der Waals surface area contributed by atoms with Crippen molar-refractivity contribution < 1.29 is 0 Å². The van der Waals surface area contributed by atoms with E-state index in [1.54, 1.807) is 0 Å². The summed E-state index contributed by atoms with van der Waals surface area (Å²) in [6, 6.07) is 11.3. The molecule has 3 atom stereocenters. The second-order valence-electron chi connectivity index (χ2n) is 6.71. The predicted octanol–water partition coefficient (Wildman–Crippen LogP) is 7.27. The molecule has 25 heavy (non-hydrogen) atoms. The highest BCUT2D eigenvalue weighted by molar-refractivity contribution is 5.24. The van der Waals surface area contributed by atoms with E-state index in [1.165, 1.54) is 17.5 Å². The van der Waals surface area contributed by atoms with Crippen LogP contribution in [0.5, 0.6) is 0 Å². The summed E-state index contributed by atoms with van der Waals surface area (Å²) in [5.74, 6) is 2.46. The average molecular weight is 345 g/mol. The fourth-order valence-corrected chi connectivity index (χ4v) is 2.45. The van der Waals surface area contributed by atoms with Gasteiger partial charge in [-0.05, 0) is 49.1 Å². The molecule has 1 aliphatic rings. The lowest BCUT2D eigenvalue weighted by atomic mass is 10.1. The van der Waals surface area contributed by atoms with Gasteiger partial charge in [-0.25, -0.2) is 0 Å². The van der Waals surface area contributed by atoms with Gasteiger partial charge < -0.3 is 0 Å². The lowest BCUT2D eigenvalue weighted by Crippen LogP contribution is -2.11. The summed E-state index contributed by atoms with van der Waals surface area (Å²) in [6.45, 7) is 19.0. The second-order valence-corrected chi connectivity index (χ2v) is 6.71. The van der Waals surface area contributed by atoms with Crippen molar-refractivity contribution in [1.82, 2.24) is 9.78 Å². The van der Waals surface area contributed by atoms with Crippen LogP contribution in [0.1, 0.15) is 84.9 Å². The molecule has 0 bridgehead atoms. The molecule has 0 aliphatic heterocycles. The zero-order chi connectivity index (χ0) is 19.4. The Morgan fingerprint density at radius 2 is 1.52 bits per heavy atom. The van der Waals surface area contributed by atoms with E-state index in [-0.39, 0.29) is 0 Å². The molecule has 2 aromatic rings. The van der Waals surface area contributed by atoms with Crippen LogP contribution in [0.15, 0.2) is 42.7 Å². The molecule has 1 aromatic carbocycles. The molecule has 3 unspecified atom stereocenters. The number of benzene rings is 1. The third-order valence-corrected chi connectivity index (χ3v) is 4.45. The molecule has 0 amide bonds. The van der Waals surface area contributed by atoms with Crippen molar-refractivity contribution >= 4 is 0 Å². The van der Waals surface area contributed by atoms with Crippen LogP contribution in [0.25, 0.3) is 0 Å². The van der Waals surface area contributed by atoms with E-state index >= 15 is 0 Å². The summed E-state index contributed by atoms with van der Waals surface area (Å²) < 4.78 is 2.03. The Morgan fingerprint density at radius 1 is 1.00 bits per heavy atom. The van der Waals surface area contributed by atoms with E-state index in [2.05, 4.69) is 76.2 Å². The maximum atomic E-state index is 4.25. The number of aryl methyl sites for hydroxylation is 1. The zero-order valence-corrected chi connectivity index (χ0v) is 18.0. The summed E-state index contributed by atoms with van der Waals surface area (Å²) in [5, 5.41) is 4.25. The van der Waals surface area contributed by atoms with Crippen LogP contribution in [-0.4, -0.2) is 9.78 Å². The predicted molar refractivity (Wildman–Crippen MR) is 112 cm³/mol. The van der Waals surface area contributed by atoms with Crippen molar-refractivity contribution in [1.29, 1.82) is 0 Å². The first-order chi connectivity index (χ1) is 12.0. The molecule has 0 N–H and O–H groups in total. The molecular weight excluding hydrogens is 304 g/mol. The molecule has 2 nitrogen and oxygen atoms in total. The number of hydrogen-bond donors (Lipinski definition) is 0. The van der Waals surface area contributed by atoms with E-state index in [9.17, 15) is 0 Å². The van der Waals surface area contributed by atoms with E-state index in [4.69, 9.17) is 0 Å². The summed E-state index contributed by atoms with van der Waals surface area (Å²) in [6.07, 6.45) is 5.38. The van der Waals surface area contributed by atoms with Gasteiger partial charge in [-0.15, -0.1) is 0 Å². The van der Waals surface area contributed by atoms with Gasteiger partial charge >= 0.3 is 0 Å². The summed E-state index contributed by atoms with van der Waals surface area (Å²) in [7, 11) is 0. The highest BCUT2D eigenvalue weighted by Crippen LogP contribution is 2.46. The third-order valence-electron chi connectivity index (χ3n) is 4.45. The molecule has 2 heteroatoms. The van der Waals surface area contributed by atoms with Gasteiger partial charge in [0.05, 0.1) is 12.2 Å². The van der Waals surface area contributed by atoms with Gasteiger partial charge in [-0.1, -0.05) is 78.8 Å². The van der Waals surface area contributed by atoms with E-state index in [0.29, 0.717) is 12.0 Å². The van der Waals surface area contributed by atoms with Crippen molar-refractivity contribution in [2.75, 3.05) is 0 Å². The van der Waals surface area contributed by atoms with Gasteiger partial charge in [0, 0.05) is 6.20 Å². The van der Waals surface area contributed by atoms with E-state index < -0.39 is 0 Å². The topological polar surface area (TPSA) is 17.8 Å². The molecule has 1 heterocycles. The van der Waals surface area contributed by atoms with Crippen molar-refractivity contribution in [3.05, 3.63) is 53.9 Å². The van der Waals surface area contributed by atoms with Crippen LogP contribution in [0.3, 0.4) is 0 Å². The molecule has 0 radical (unpaired) electrons. The molecule has 1 fully saturated rings. The summed E-state index contributed by atoms with van der Waals surface area (Å²) >= 11 is 0. The van der Waals surface area contributed by atoms with Gasteiger partial charge in [0.15, 0.2) is 0 Å². The number of aromatic nitrogens is 2. The largest absolute Gasteiger partial charge is 0.269 e. The Balaban J connectivity index is 0.000000385. The van der Waals surface area contributed by atoms with Crippen LogP contribution in [0.4, 0.5) is 0 Å². The minimum absolute atomic E-state index is 0.503. The van der Waals surface area contributed by atoms with Crippen molar-refractivity contribution in [2.24, 2.45) is 11.8 Å². The Bertz CT molecular complexity index is 542. The third kappa shape index (κ3) is 8.38. The van der Waals surface area contributed by atoms with Crippen LogP contribution in [0, 0.1) is 18.8 Å². The van der Waals surface area contributed by atoms with Gasteiger partial charge in [0.1, 0.15) is 0 Å². The zero-order valence-electron chi connectivity index (χ0n) is 18.0. The highest BCUT2D eigenvalue weighted by atomic mass is 15.3. The summed E-state index contributed by atoms with van der Waals surface area (Å²) in [5.41, 5.74) is 2.76. The number of nitrogens with zero attached hydrogens (tertiary/aromatic N) is 2. The Kier molecular flexibility index (Phi) is 11.9. The van der Waals surface area contributed by atoms with Crippen molar-refractivity contribution in [3.8, 4) is 0 Å². The maximum Gasteiger partial charge on any atom is 0.0519 e. The number of rotatable bonds is 3. The Morgan fingerprint density at radius 3 is 1.88 bits per heavy atom. The Hall–Kier alpha value is -1.57. The number of hydrogen-bond acceptors (Lipinski definition) is 1. The lowest BCUT2D eigenvalue weighted by molar-refractivity contribution is 0.375. The Labute approximate surface area is 156 Å². The second kappa shape index (κ2) is 12.7. The molecule has 0 saturated heterocycles. The van der Waals surface area contributed by atoms with Crippen LogP contribution < -0.4 is 0 Å². The minimum Gasteiger partial charge on any atom is -0.269 e. The molecule has 1 saturated carbocycles. The molecule has 0 spiro atoms. The first kappa shape index (κ1) is 23.4. The van der Waals surface area contributed by atoms with Gasteiger partial charge in [0.25, 0.3) is 0 Å². The SMILES string of the molecule is CC.CC.CC1CC1c1ccccc1.Cc1cnn(C(C)C(C)C)c1. The standard InChI is InChI=1S/C10H12.C9H16N2.2C2H6/c1-8-7-10(8)9-5-3-2-4-6-9;1-7(2)9(4)11-6-8(3)5-10-11;2*1-2/h2-6,8,10H,7H2,1H3;5-7,9H,1-4H3;2*1-2H3. The van der Waals surface area contributed by atoms with E-state index in [1.807, 2.05) is 38.6 Å². The van der Waals surface area contributed by atoms with Gasteiger partial charge in [-0.3, -0.25) is 4.68 Å². The fourth-order valence-electron chi connectivity index (χ4n) is 2.45. The quantitative estimate of drug-likeness (QED) is 0.572. The normalized spacial score (nSPS) is 18.6. The first-order valence-electron chi connectivity index (χ1n) is 10.0. The van der Waals surface area contributed by atoms with Crippen LogP contribution in [0.2, 0.25) is 0 Å². The highest BCUT2D eigenvalue weighted by Gasteiger charge is 2.33. The smallest absolute Gasteiger partial charge is 0.0519 e. The van der Waals surface area contributed by atoms with E-state index in [0.717, 1.165) is 11.8 Å². The minimum atomic E-state index is 0.503. The first-order valence-corrected chi connectivity index (χ1v) is 10.0. The lowest BCUT2D eigenvalue weighted by Gasteiger charge is -2.15. The van der Waals surface area contributed by atoms with Crippen LogP contribution in [-0.2, 0) is 0 Å². The summed E-state index contributed by atoms with van der Waals surface area (Å²) in [4.78, 5) is 0. The average Bonchev–Trinajstić information content (AvgIpc) is 3.23. The molecule has 1 aliphatic carbocycles. The maximum absolute atomic E-state index is 4.25. The van der Waals surface area contributed by atoms with Crippen molar-refractivity contribution in [2.45, 2.75) is 80.7 Å². The van der Waals surface area contributed by atoms with Crippen molar-refractivity contribution in [3.63, 3.8) is 0 Å².